The highest BCUT2D eigenvalue weighted by molar-refractivity contribution is 5.98. The number of rotatable bonds is 10. The van der Waals surface area contributed by atoms with Crippen molar-refractivity contribution >= 4 is 28.4 Å². The molecule has 2 amide bonds. The number of benzene rings is 3. The zero-order chi connectivity index (χ0) is 34.3. The Kier molecular flexibility index (Phi) is 8.97. The van der Waals surface area contributed by atoms with E-state index >= 15 is 0 Å². The molecule has 1 aliphatic heterocycles. The van der Waals surface area contributed by atoms with Gasteiger partial charge in [-0.25, -0.2) is 9.07 Å². The van der Waals surface area contributed by atoms with Crippen LogP contribution in [0.2, 0.25) is 0 Å². The number of methoxy groups -OCH3 is 1. The number of likely N-dealkylation sites (tertiary alicyclic amines) is 1. The minimum absolute atomic E-state index is 0.192. The molecular formula is C34H37F4N5O4. The largest absolute Gasteiger partial charge is 0.496 e. The van der Waals surface area contributed by atoms with Gasteiger partial charge in [0.15, 0.2) is 5.60 Å². The average Bonchev–Trinajstić information content (AvgIpc) is 3.67. The zero-order valence-corrected chi connectivity index (χ0v) is 26.5. The Bertz CT molecular complexity index is 1820. The first kappa shape index (κ1) is 33.7. The fourth-order valence-corrected chi connectivity index (χ4v) is 6.40. The van der Waals surface area contributed by atoms with Crippen LogP contribution in [0, 0.1) is 12.7 Å². The number of amides is 2. The number of alkyl halides is 3. The van der Waals surface area contributed by atoms with E-state index in [9.17, 15) is 32.3 Å². The average molecular weight is 656 g/mol. The van der Waals surface area contributed by atoms with Crippen molar-refractivity contribution in [3.05, 3.63) is 83.3 Å². The van der Waals surface area contributed by atoms with Crippen LogP contribution >= 0.6 is 0 Å². The first-order valence-electron chi connectivity index (χ1n) is 15.1. The number of nitrogens with one attached hydrogen (secondary N) is 1. The number of carbonyl (C=O) groups is 2. The predicted molar refractivity (Wildman–Crippen MR) is 169 cm³/mol. The number of halogens is 4. The molecule has 47 heavy (non-hydrogen) atoms. The summed E-state index contributed by atoms with van der Waals surface area (Å²) in [6.45, 7) is 4.27. The molecule has 1 unspecified atom stereocenters. The number of aromatic nitrogens is 2. The summed E-state index contributed by atoms with van der Waals surface area (Å²) in [6.07, 6.45) is -3.18. The van der Waals surface area contributed by atoms with Crippen molar-refractivity contribution in [1.82, 2.24) is 14.7 Å². The molecule has 1 aliphatic rings. The zero-order valence-electron chi connectivity index (χ0n) is 26.5. The van der Waals surface area contributed by atoms with Crippen LogP contribution in [0.5, 0.6) is 5.75 Å². The summed E-state index contributed by atoms with van der Waals surface area (Å²) in [7, 11) is 1.34. The van der Waals surface area contributed by atoms with Crippen LogP contribution in [-0.2, 0) is 10.2 Å². The maximum atomic E-state index is 14.5. The Balaban J connectivity index is 1.45. The van der Waals surface area contributed by atoms with Gasteiger partial charge in [-0.15, -0.1) is 0 Å². The molecule has 0 bridgehead atoms. The fourth-order valence-electron chi connectivity index (χ4n) is 6.40. The van der Waals surface area contributed by atoms with Crippen molar-refractivity contribution in [3.63, 3.8) is 0 Å². The molecule has 0 aliphatic carbocycles. The number of nitrogens with zero attached hydrogens (tertiary/aromatic N) is 3. The van der Waals surface area contributed by atoms with Gasteiger partial charge in [0.1, 0.15) is 17.6 Å². The van der Waals surface area contributed by atoms with Gasteiger partial charge in [0, 0.05) is 28.7 Å². The van der Waals surface area contributed by atoms with Crippen molar-refractivity contribution in [1.29, 1.82) is 0 Å². The third-order valence-corrected chi connectivity index (χ3v) is 8.74. The van der Waals surface area contributed by atoms with Gasteiger partial charge in [0.2, 0.25) is 5.91 Å². The van der Waals surface area contributed by atoms with E-state index in [1.807, 2.05) is 0 Å². The maximum absolute atomic E-state index is 14.5. The van der Waals surface area contributed by atoms with Gasteiger partial charge in [-0.2, -0.15) is 18.3 Å². The van der Waals surface area contributed by atoms with E-state index in [0.717, 1.165) is 12.1 Å². The monoisotopic (exact) mass is 655 g/mol. The highest BCUT2D eigenvalue weighted by Gasteiger charge is 2.56. The molecule has 5 rings (SSSR count). The van der Waals surface area contributed by atoms with Crippen LogP contribution < -0.4 is 15.8 Å². The number of hydrogen-bond acceptors (Lipinski definition) is 6. The van der Waals surface area contributed by atoms with Crippen LogP contribution in [0.4, 0.5) is 23.2 Å². The molecule has 0 spiro atoms. The summed E-state index contributed by atoms with van der Waals surface area (Å²) in [5.41, 5.74) is 3.55. The van der Waals surface area contributed by atoms with E-state index in [1.54, 1.807) is 48.0 Å². The number of aliphatic hydroxyl groups is 1. The summed E-state index contributed by atoms with van der Waals surface area (Å²) in [5.74, 6) is -1.33. The summed E-state index contributed by atoms with van der Waals surface area (Å²) < 4.78 is 64.6. The van der Waals surface area contributed by atoms with E-state index < -0.39 is 47.9 Å². The molecule has 13 heteroatoms. The standard InChI is InChI=1S/C34H37F4N5O4/c1-20-13-26(40-19-33(46,34(36,37)38)18-32(2,3)25-16-22(35)10-11-29(25)47-4)24-17-41-43(28(24)14-20)23-8-5-7-21(15-23)31(45)42-12-6-9-27(42)30(39)44/h5,7-8,10-11,13-17,27,40,46H,6,9,12,18-19H2,1-4H3,(H2,39,44)/t27-,33?/m1/s1. The van der Waals surface area contributed by atoms with Crippen molar-refractivity contribution < 1.29 is 37.0 Å². The van der Waals surface area contributed by atoms with Crippen molar-refractivity contribution in [3.8, 4) is 11.4 Å². The molecule has 2 heterocycles. The molecule has 0 saturated carbocycles. The summed E-state index contributed by atoms with van der Waals surface area (Å²) in [5, 5.41) is 18.9. The fraction of sp³-hybridized carbons (Fsp3) is 0.382. The lowest BCUT2D eigenvalue weighted by atomic mass is 9.74. The van der Waals surface area contributed by atoms with Crippen LogP contribution in [0.3, 0.4) is 0 Å². The molecule has 4 N–H and O–H groups in total. The Morgan fingerprint density at radius 3 is 2.55 bits per heavy atom. The number of nitrogens with two attached hydrogens (primary N) is 1. The van der Waals surface area contributed by atoms with Gasteiger partial charge in [0.25, 0.3) is 5.91 Å². The molecular weight excluding hydrogens is 618 g/mol. The lowest BCUT2D eigenvalue weighted by Crippen LogP contribution is -2.53. The van der Waals surface area contributed by atoms with Gasteiger partial charge in [-0.3, -0.25) is 9.59 Å². The minimum Gasteiger partial charge on any atom is -0.496 e. The maximum Gasteiger partial charge on any atom is 0.418 e. The van der Waals surface area contributed by atoms with E-state index in [-0.39, 0.29) is 17.2 Å². The molecule has 0 radical (unpaired) electrons. The number of ether oxygens (including phenoxy) is 1. The highest BCUT2D eigenvalue weighted by atomic mass is 19.4. The third kappa shape index (κ3) is 6.62. The second kappa shape index (κ2) is 12.5. The highest BCUT2D eigenvalue weighted by Crippen LogP contribution is 2.44. The molecule has 1 fully saturated rings. The van der Waals surface area contributed by atoms with Crippen molar-refractivity contribution in [2.75, 3.05) is 25.5 Å². The lowest BCUT2D eigenvalue weighted by Gasteiger charge is -2.38. The first-order chi connectivity index (χ1) is 22.0. The molecule has 1 aromatic heterocycles. The van der Waals surface area contributed by atoms with Crippen LogP contribution in [-0.4, -0.2) is 69.6 Å². The van der Waals surface area contributed by atoms with E-state index in [2.05, 4.69) is 10.4 Å². The predicted octanol–water partition coefficient (Wildman–Crippen LogP) is 5.64. The summed E-state index contributed by atoms with van der Waals surface area (Å²) in [6, 6.07) is 13.1. The van der Waals surface area contributed by atoms with Gasteiger partial charge in [-0.1, -0.05) is 19.9 Å². The Hall–Kier alpha value is -4.65. The normalized spacial score (nSPS) is 16.7. The van der Waals surface area contributed by atoms with Crippen LogP contribution in [0.25, 0.3) is 16.6 Å². The third-order valence-electron chi connectivity index (χ3n) is 8.74. The number of anilines is 1. The Morgan fingerprint density at radius 2 is 1.87 bits per heavy atom. The number of aryl methyl sites for hydroxylation is 1. The van der Waals surface area contributed by atoms with Crippen molar-refractivity contribution in [2.24, 2.45) is 5.73 Å². The first-order valence-corrected chi connectivity index (χ1v) is 15.1. The van der Waals surface area contributed by atoms with E-state index in [1.165, 1.54) is 38.1 Å². The summed E-state index contributed by atoms with van der Waals surface area (Å²) >= 11 is 0. The number of hydrogen-bond donors (Lipinski definition) is 3. The van der Waals surface area contributed by atoms with E-state index in [0.29, 0.717) is 52.8 Å². The molecule has 250 valence electrons. The smallest absolute Gasteiger partial charge is 0.418 e. The van der Waals surface area contributed by atoms with Gasteiger partial charge in [0.05, 0.1) is 31.1 Å². The van der Waals surface area contributed by atoms with Gasteiger partial charge < -0.3 is 25.8 Å². The minimum atomic E-state index is -5.04. The SMILES string of the molecule is COc1ccc(F)cc1C(C)(C)CC(O)(CNc1cc(C)cc2c1cnn2-c1cccc(C(=O)N2CCC[C@@H]2C(N)=O)c1)C(F)(F)F. The summed E-state index contributed by atoms with van der Waals surface area (Å²) in [4.78, 5) is 26.6. The molecule has 1 saturated heterocycles. The molecule has 3 aromatic carbocycles. The Morgan fingerprint density at radius 1 is 1.13 bits per heavy atom. The number of primary amides is 1. The number of fused-ring (bicyclic) bond motifs is 1. The van der Waals surface area contributed by atoms with E-state index in [4.69, 9.17) is 10.5 Å². The lowest BCUT2D eigenvalue weighted by molar-refractivity contribution is -0.260. The molecule has 2 atom stereocenters. The van der Waals surface area contributed by atoms with Gasteiger partial charge in [-0.05, 0) is 85.7 Å². The van der Waals surface area contributed by atoms with Crippen LogP contribution in [0.1, 0.15) is 54.6 Å². The second-order valence-corrected chi connectivity index (χ2v) is 12.7. The topological polar surface area (TPSA) is 123 Å². The number of carbonyl (C=O) groups excluding carboxylic acids is 2. The van der Waals surface area contributed by atoms with Crippen molar-refractivity contribution in [2.45, 2.75) is 63.3 Å². The molecule has 4 aromatic rings. The van der Waals surface area contributed by atoms with Crippen LogP contribution in [0.15, 0.2) is 60.8 Å². The second-order valence-electron chi connectivity index (χ2n) is 12.7. The molecule has 9 nitrogen and oxygen atoms in total. The Labute approximate surface area is 269 Å². The quantitative estimate of drug-likeness (QED) is 0.190. The van der Waals surface area contributed by atoms with Gasteiger partial charge >= 0.3 is 6.18 Å².